The summed E-state index contributed by atoms with van der Waals surface area (Å²) in [6.45, 7) is 10.7. The molecule has 1 rings (SSSR count). The van der Waals surface area contributed by atoms with E-state index in [0.717, 1.165) is 19.6 Å². The van der Waals surface area contributed by atoms with Gasteiger partial charge in [-0.15, -0.1) is 0 Å². The van der Waals surface area contributed by atoms with Crippen molar-refractivity contribution in [1.29, 1.82) is 0 Å². The molecule has 0 spiro atoms. The van der Waals surface area contributed by atoms with Gasteiger partial charge in [0, 0.05) is 12.6 Å². The van der Waals surface area contributed by atoms with E-state index in [-0.39, 0.29) is 0 Å². The summed E-state index contributed by atoms with van der Waals surface area (Å²) < 4.78 is 6.00. The van der Waals surface area contributed by atoms with E-state index < -0.39 is 0 Å². The summed E-state index contributed by atoms with van der Waals surface area (Å²) in [7, 11) is 0. The molecule has 2 atom stereocenters. The minimum atomic E-state index is 0.317. The van der Waals surface area contributed by atoms with Crippen LogP contribution in [0.2, 0.25) is 0 Å². The molecule has 1 aromatic carbocycles. The first-order valence-electron chi connectivity index (χ1n) is 8.57. The van der Waals surface area contributed by atoms with Gasteiger partial charge in [0.15, 0.2) is 0 Å². The summed E-state index contributed by atoms with van der Waals surface area (Å²) in [6, 6.07) is 11.2. The molecule has 1 N–H and O–H groups in total. The van der Waals surface area contributed by atoms with Crippen molar-refractivity contribution in [3.8, 4) is 0 Å². The maximum Gasteiger partial charge on any atom is 0.0750 e. The van der Waals surface area contributed by atoms with Gasteiger partial charge in [-0.1, -0.05) is 51.1 Å². The SMILES string of the molecule is CCCNC(CCCc1ccccc1)C(OCC)C(C)C. The molecule has 2 unspecified atom stereocenters. The van der Waals surface area contributed by atoms with E-state index in [1.807, 2.05) is 0 Å². The number of hydrogen-bond donors (Lipinski definition) is 1. The molecule has 0 amide bonds. The highest BCUT2D eigenvalue weighted by molar-refractivity contribution is 5.14. The van der Waals surface area contributed by atoms with Crippen LogP contribution in [0.4, 0.5) is 0 Å². The summed E-state index contributed by atoms with van der Waals surface area (Å²) in [5.74, 6) is 0.552. The van der Waals surface area contributed by atoms with Gasteiger partial charge >= 0.3 is 0 Å². The highest BCUT2D eigenvalue weighted by atomic mass is 16.5. The monoisotopic (exact) mass is 291 g/mol. The minimum absolute atomic E-state index is 0.317. The molecule has 0 radical (unpaired) electrons. The number of nitrogens with one attached hydrogen (secondary N) is 1. The highest BCUT2D eigenvalue weighted by Gasteiger charge is 2.24. The first-order valence-corrected chi connectivity index (χ1v) is 8.57. The van der Waals surface area contributed by atoms with Crippen LogP contribution in [0.1, 0.15) is 52.5 Å². The minimum Gasteiger partial charge on any atom is -0.377 e. The topological polar surface area (TPSA) is 21.3 Å². The molecule has 0 bridgehead atoms. The van der Waals surface area contributed by atoms with Crippen LogP contribution in [0, 0.1) is 5.92 Å². The van der Waals surface area contributed by atoms with Gasteiger partial charge in [-0.3, -0.25) is 0 Å². The van der Waals surface area contributed by atoms with Crippen LogP contribution in [0.5, 0.6) is 0 Å². The Hall–Kier alpha value is -0.860. The normalized spacial score (nSPS) is 14.3. The van der Waals surface area contributed by atoms with E-state index in [1.54, 1.807) is 0 Å². The third kappa shape index (κ3) is 7.10. The zero-order chi connectivity index (χ0) is 15.5. The average molecular weight is 291 g/mol. The molecule has 0 saturated heterocycles. The molecular formula is C19H33NO. The molecule has 2 heteroatoms. The second kappa shape index (κ2) is 10.8. The molecule has 21 heavy (non-hydrogen) atoms. The number of rotatable bonds is 11. The number of hydrogen-bond acceptors (Lipinski definition) is 2. The van der Waals surface area contributed by atoms with Gasteiger partial charge < -0.3 is 10.1 Å². The van der Waals surface area contributed by atoms with E-state index in [9.17, 15) is 0 Å². The maximum atomic E-state index is 6.00. The number of benzene rings is 1. The highest BCUT2D eigenvalue weighted by Crippen LogP contribution is 2.17. The van der Waals surface area contributed by atoms with Crippen LogP contribution < -0.4 is 5.32 Å². The lowest BCUT2D eigenvalue weighted by Gasteiger charge is -2.31. The van der Waals surface area contributed by atoms with E-state index >= 15 is 0 Å². The van der Waals surface area contributed by atoms with Crippen molar-refractivity contribution in [1.82, 2.24) is 5.32 Å². The Bertz CT molecular complexity index is 350. The lowest BCUT2D eigenvalue weighted by molar-refractivity contribution is 0.00110. The maximum absolute atomic E-state index is 6.00. The van der Waals surface area contributed by atoms with Gasteiger partial charge in [-0.25, -0.2) is 0 Å². The van der Waals surface area contributed by atoms with Crippen molar-refractivity contribution in [3.05, 3.63) is 35.9 Å². The van der Waals surface area contributed by atoms with Gasteiger partial charge in [-0.05, 0) is 50.6 Å². The molecule has 0 aromatic heterocycles. The van der Waals surface area contributed by atoms with Crippen LogP contribution in [0.15, 0.2) is 30.3 Å². The summed E-state index contributed by atoms with van der Waals surface area (Å²) in [4.78, 5) is 0. The smallest absolute Gasteiger partial charge is 0.0750 e. The lowest BCUT2D eigenvalue weighted by Crippen LogP contribution is -2.44. The van der Waals surface area contributed by atoms with Crippen molar-refractivity contribution >= 4 is 0 Å². The fraction of sp³-hybridized carbons (Fsp3) is 0.684. The third-order valence-corrected chi connectivity index (χ3v) is 3.89. The Morgan fingerprint density at radius 3 is 2.38 bits per heavy atom. The summed E-state index contributed by atoms with van der Waals surface area (Å²) in [5, 5.41) is 3.70. The molecule has 0 saturated carbocycles. The van der Waals surface area contributed by atoms with Crippen molar-refractivity contribution in [2.24, 2.45) is 5.92 Å². The van der Waals surface area contributed by atoms with Gasteiger partial charge in [0.1, 0.15) is 0 Å². The molecule has 2 nitrogen and oxygen atoms in total. The summed E-state index contributed by atoms with van der Waals surface area (Å²) in [5.41, 5.74) is 1.43. The Kier molecular flexibility index (Phi) is 9.36. The standard InChI is InChI=1S/C19H33NO/c1-5-15-20-18(19(16(3)4)21-6-2)14-10-13-17-11-8-7-9-12-17/h7-9,11-12,16,18-20H,5-6,10,13-15H2,1-4H3. The largest absolute Gasteiger partial charge is 0.377 e. The molecule has 120 valence electrons. The third-order valence-electron chi connectivity index (χ3n) is 3.89. The van der Waals surface area contributed by atoms with Crippen LogP contribution in [0.25, 0.3) is 0 Å². The molecule has 0 heterocycles. The quantitative estimate of drug-likeness (QED) is 0.651. The fourth-order valence-corrected chi connectivity index (χ4v) is 2.85. The summed E-state index contributed by atoms with van der Waals surface area (Å²) >= 11 is 0. The van der Waals surface area contributed by atoms with Crippen molar-refractivity contribution < 1.29 is 4.74 Å². The van der Waals surface area contributed by atoms with Crippen LogP contribution in [-0.4, -0.2) is 25.3 Å². The number of ether oxygens (including phenoxy) is 1. The van der Waals surface area contributed by atoms with Gasteiger partial charge in [0.25, 0.3) is 0 Å². The molecule has 0 aliphatic rings. The van der Waals surface area contributed by atoms with Crippen molar-refractivity contribution in [2.75, 3.05) is 13.2 Å². The predicted octanol–water partition coefficient (Wildman–Crippen LogP) is 4.44. The first-order chi connectivity index (χ1) is 10.2. The lowest BCUT2D eigenvalue weighted by atomic mass is 9.94. The molecular weight excluding hydrogens is 258 g/mol. The fourth-order valence-electron chi connectivity index (χ4n) is 2.85. The molecule has 1 aromatic rings. The second-order valence-corrected chi connectivity index (χ2v) is 6.10. The van der Waals surface area contributed by atoms with E-state index in [0.29, 0.717) is 18.1 Å². The number of aryl methyl sites for hydroxylation is 1. The second-order valence-electron chi connectivity index (χ2n) is 6.10. The average Bonchev–Trinajstić information content (AvgIpc) is 2.49. The Morgan fingerprint density at radius 1 is 1.10 bits per heavy atom. The molecule has 0 fully saturated rings. The van der Waals surface area contributed by atoms with Crippen LogP contribution in [-0.2, 0) is 11.2 Å². The van der Waals surface area contributed by atoms with Crippen LogP contribution in [0.3, 0.4) is 0 Å². The first kappa shape index (κ1) is 18.2. The van der Waals surface area contributed by atoms with Crippen molar-refractivity contribution in [2.45, 2.75) is 65.5 Å². The van der Waals surface area contributed by atoms with Gasteiger partial charge in [0.2, 0.25) is 0 Å². The van der Waals surface area contributed by atoms with Crippen molar-refractivity contribution in [3.63, 3.8) is 0 Å². The zero-order valence-corrected chi connectivity index (χ0v) is 14.3. The van der Waals surface area contributed by atoms with Gasteiger partial charge in [0.05, 0.1) is 6.10 Å². The molecule has 0 aliphatic heterocycles. The van der Waals surface area contributed by atoms with E-state index in [2.05, 4.69) is 63.3 Å². The summed E-state index contributed by atoms with van der Waals surface area (Å²) in [6.07, 6.45) is 5.03. The zero-order valence-electron chi connectivity index (χ0n) is 14.3. The Balaban J connectivity index is 2.51. The Morgan fingerprint density at radius 2 is 1.81 bits per heavy atom. The van der Waals surface area contributed by atoms with E-state index in [1.165, 1.54) is 24.8 Å². The predicted molar refractivity (Wildman–Crippen MR) is 91.7 cm³/mol. The Labute approximate surface area is 131 Å². The molecule has 0 aliphatic carbocycles. The van der Waals surface area contributed by atoms with Gasteiger partial charge in [-0.2, -0.15) is 0 Å². The van der Waals surface area contributed by atoms with Crippen LogP contribution >= 0.6 is 0 Å². The van der Waals surface area contributed by atoms with E-state index in [4.69, 9.17) is 4.74 Å².